The molecule has 2 nitrogen and oxygen atoms in total. The molecule has 0 fully saturated rings. The van der Waals surface area contributed by atoms with E-state index in [1.807, 2.05) is 24.6 Å². The van der Waals surface area contributed by atoms with E-state index in [4.69, 9.17) is 4.74 Å². The number of ether oxygens (including phenoxy) is 1. The van der Waals surface area contributed by atoms with E-state index in [0.29, 0.717) is 6.61 Å². The largest absolute Gasteiger partial charge is 0.357 e. The van der Waals surface area contributed by atoms with Crippen molar-refractivity contribution in [1.29, 1.82) is 0 Å². The third kappa shape index (κ3) is 0.783. The molecule has 2 heteroatoms. The van der Waals surface area contributed by atoms with Gasteiger partial charge in [-0.2, -0.15) is 0 Å². The van der Waals surface area contributed by atoms with Crippen LogP contribution < -0.4 is 0 Å². The molecule has 0 saturated heterocycles. The number of nitrogens with zero attached hydrogens (tertiary/aromatic N) is 1. The van der Waals surface area contributed by atoms with Crippen LogP contribution in [-0.4, -0.2) is 18.4 Å². The molecule has 0 aromatic rings. The van der Waals surface area contributed by atoms with Crippen molar-refractivity contribution in [3.05, 3.63) is 47.7 Å². The predicted octanol–water partition coefficient (Wildman–Crippen LogP) is 1.78. The Balaban J connectivity index is 2.22. The van der Waals surface area contributed by atoms with Crippen LogP contribution in [0.2, 0.25) is 0 Å². The van der Waals surface area contributed by atoms with Gasteiger partial charge in [-0.1, -0.05) is 24.3 Å². The van der Waals surface area contributed by atoms with Gasteiger partial charge < -0.3 is 4.74 Å². The zero-order valence-electron chi connectivity index (χ0n) is 7.10. The minimum Gasteiger partial charge on any atom is -0.357 e. The van der Waals surface area contributed by atoms with Crippen LogP contribution in [-0.2, 0) is 4.74 Å². The van der Waals surface area contributed by atoms with E-state index in [2.05, 4.69) is 23.2 Å². The third-order valence-electron chi connectivity index (χ3n) is 2.62. The molecule has 13 heavy (non-hydrogen) atoms. The van der Waals surface area contributed by atoms with E-state index < -0.39 is 0 Å². The summed E-state index contributed by atoms with van der Waals surface area (Å²) in [7, 11) is 0. The topological polar surface area (TPSA) is 21.6 Å². The predicted molar refractivity (Wildman–Crippen MR) is 51.6 cm³/mol. The van der Waals surface area contributed by atoms with Crippen LogP contribution in [0.3, 0.4) is 0 Å². The summed E-state index contributed by atoms with van der Waals surface area (Å²) in [6.45, 7) is 0.677. The van der Waals surface area contributed by atoms with Gasteiger partial charge >= 0.3 is 0 Å². The van der Waals surface area contributed by atoms with Gasteiger partial charge in [0.25, 0.3) is 0 Å². The lowest BCUT2D eigenvalue weighted by molar-refractivity contribution is 0.0925. The second-order valence-corrected chi connectivity index (χ2v) is 3.29. The first-order valence-corrected chi connectivity index (χ1v) is 4.36. The van der Waals surface area contributed by atoms with Crippen molar-refractivity contribution in [3.8, 4) is 0 Å². The van der Waals surface area contributed by atoms with Gasteiger partial charge in [-0.3, -0.25) is 4.99 Å². The van der Waals surface area contributed by atoms with Crippen LogP contribution >= 0.6 is 0 Å². The fourth-order valence-corrected chi connectivity index (χ4v) is 1.95. The Labute approximate surface area is 76.6 Å². The van der Waals surface area contributed by atoms with Crippen molar-refractivity contribution < 1.29 is 4.74 Å². The Morgan fingerprint density at radius 1 is 1.31 bits per heavy atom. The summed E-state index contributed by atoms with van der Waals surface area (Å²) in [5, 5.41) is 0. The van der Waals surface area contributed by atoms with Crippen molar-refractivity contribution in [3.63, 3.8) is 0 Å². The molecule has 3 aliphatic rings. The van der Waals surface area contributed by atoms with Crippen molar-refractivity contribution >= 4 is 6.21 Å². The van der Waals surface area contributed by atoms with Crippen LogP contribution in [0.1, 0.15) is 0 Å². The van der Waals surface area contributed by atoms with Gasteiger partial charge in [-0.25, -0.2) is 0 Å². The summed E-state index contributed by atoms with van der Waals surface area (Å²) < 4.78 is 5.76. The quantitative estimate of drug-likeness (QED) is 0.544. The third-order valence-corrected chi connectivity index (χ3v) is 2.62. The first-order chi connectivity index (χ1) is 6.42. The summed E-state index contributed by atoms with van der Waals surface area (Å²) in [5.41, 5.74) is 1.98. The lowest BCUT2D eigenvalue weighted by Gasteiger charge is -2.31. The highest BCUT2D eigenvalue weighted by Gasteiger charge is 2.40. The van der Waals surface area contributed by atoms with Crippen molar-refractivity contribution in [1.82, 2.24) is 0 Å². The molecule has 0 bridgehead atoms. The maximum absolute atomic E-state index is 5.76. The highest BCUT2D eigenvalue weighted by Crippen LogP contribution is 2.39. The Kier molecular flexibility index (Phi) is 1.24. The highest BCUT2D eigenvalue weighted by atomic mass is 16.5. The smallest absolute Gasteiger partial charge is 0.140 e. The molecule has 3 rings (SSSR count). The molecule has 0 aromatic heterocycles. The van der Waals surface area contributed by atoms with E-state index in [0.717, 1.165) is 11.1 Å². The first-order valence-electron chi connectivity index (χ1n) is 4.36. The Morgan fingerprint density at radius 3 is 3.31 bits per heavy atom. The molecule has 1 spiro atoms. The van der Waals surface area contributed by atoms with Crippen LogP contribution in [0.15, 0.2) is 52.7 Å². The molecule has 0 aromatic carbocycles. The van der Waals surface area contributed by atoms with E-state index in [1.165, 1.54) is 0 Å². The second-order valence-electron chi connectivity index (χ2n) is 3.29. The van der Waals surface area contributed by atoms with Gasteiger partial charge in [-0.15, -0.1) is 0 Å². The average molecular weight is 171 g/mol. The van der Waals surface area contributed by atoms with Gasteiger partial charge in [0.15, 0.2) is 0 Å². The van der Waals surface area contributed by atoms with Crippen LogP contribution in [0.4, 0.5) is 0 Å². The molecule has 0 saturated carbocycles. The van der Waals surface area contributed by atoms with Gasteiger partial charge in [0.2, 0.25) is 0 Å². The monoisotopic (exact) mass is 171 g/mol. The molecular weight excluding hydrogens is 162 g/mol. The summed E-state index contributed by atoms with van der Waals surface area (Å²) >= 11 is 0. The normalized spacial score (nSPS) is 33.8. The zero-order chi connectivity index (χ0) is 8.73. The minimum absolute atomic E-state index is 0.309. The molecule has 1 atom stereocenters. The fourth-order valence-electron chi connectivity index (χ4n) is 1.95. The number of hydrogen-bond donors (Lipinski definition) is 0. The van der Waals surface area contributed by atoms with E-state index in [9.17, 15) is 0 Å². The Hall–Kier alpha value is -1.41. The molecule has 0 amide bonds. The summed E-state index contributed by atoms with van der Waals surface area (Å²) in [6.07, 6.45) is 14.0. The van der Waals surface area contributed by atoms with Gasteiger partial charge in [0, 0.05) is 23.6 Å². The summed E-state index contributed by atoms with van der Waals surface area (Å²) in [4.78, 5) is 4.18. The van der Waals surface area contributed by atoms with E-state index in [1.54, 1.807) is 0 Å². The van der Waals surface area contributed by atoms with Crippen molar-refractivity contribution in [2.75, 3.05) is 6.61 Å². The molecule has 2 heterocycles. The second kappa shape index (κ2) is 2.30. The number of hydrogen-bond acceptors (Lipinski definition) is 2. The maximum atomic E-state index is 5.76. The van der Waals surface area contributed by atoms with Crippen molar-refractivity contribution in [2.45, 2.75) is 5.60 Å². The van der Waals surface area contributed by atoms with Gasteiger partial charge in [0.05, 0.1) is 6.61 Å². The zero-order valence-corrected chi connectivity index (χ0v) is 7.10. The maximum Gasteiger partial charge on any atom is 0.140 e. The highest BCUT2D eigenvalue weighted by molar-refractivity contribution is 5.87. The van der Waals surface area contributed by atoms with Gasteiger partial charge in [0.1, 0.15) is 5.60 Å². The van der Waals surface area contributed by atoms with Gasteiger partial charge in [-0.05, 0) is 6.08 Å². The SMILES string of the molecule is C1=CC2=CN=CC3=CCOC32C=C1. The van der Waals surface area contributed by atoms with Crippen LogP contribution in [0.25, 0.3) is 0 Å². The molecule has 0 N–H and O–H groups in total. The molecule has 2 aliphatic heterocycles. The standard InChI is InChI=1S/C11H9NO/c1-2-5-11-9(3-1)7-12-8-10(11)4-6-13-11/h1-5,7-8H,6H2. The Bertz CT molecular complexity index is 398. The summed E-state index contributed by atoms with van der Waals surface area (Å²) in [6, 6.07) is 0. The molecule has 1 unspecified atom stereocenters. The fraction of sp³-hybridized carbons (Fsp3) is 0.182. The van der Waals surface area contributed by atoms with Crippen LogP contribution in [0, 0.1) is 0 Å². The number of aliphatic imine (C=N–C) groups is 1. The summed E-state index contributed by atoms with van der Waals surface area (Å²) in [5.74, 6) is 0. The van der Waals surface area contributed by atoms with E-state index >= 15 is 0 Å². The number of rotatable bonds is 0. The number of allylic oxidation sites excluding steroid dienone is 2. The lowest BCUT2D eigenvalue weighted by atomic mass is 9.83. The van der Waals surface area contributed by atoms with Crippen molar-refractivity contribution in [2.24, 2.45) is 4.99 Å². The van der Waals surface area contributed by atoms with E-state index in [-0.39, 0.29) is 5.60 Å². The molecule has 64 valence electrons. The first kappa shape index (κ1) is 7.04. The minimum atomic E-state index is -0.309. The van der Waals surface area contributed by atoms with Crippen LogP contribution in [0.5, 0.6) is 0 Å². The Morgan fingerprint density at radius 2 is 2.31 bits per heavy atom. The molecule has 1 aliphatic carbocycles. The lowest BCUT2D eigenvalue weighted by Crippen LogP contribution is -2.33. The average Bonchev–Trinajstić information content (AvgIpc) is 2.58. The molecular formula is C11H9NO. The molecule has 0 radical (unpaired) electrons.